The normalized spacial score (nSPS) is 11.7. The van der Waals surface area contributed by atoms with Crippen molar-refractivity contribution in [1.29, 1.82) is 0 Å². The van der Waals surface area contributed by atoms with Gasteiger partial charge in [0.1, 0.15) is 0 Å². The van der Waals surface area contributed by atoms with Crippen LogP contribution in [0, 0.1) is 0 Å². The first-order valence-corrected chi connectivity index (χ1v) is 9.40. The lowest BCUT2D eigenvalue weighted by molar-refractivity contribution is -0.137. The molecule has 1 amide bonds. The van der Waals surface area contributed by atoms with Crippen LogP contribution in [0.2, 0.25) is 0 Å². The fourth-order valence-electron chi connectivity index (χ4n) is 2.08. The average molecular weight is 410 g/mol. The SMILES string of the molecule is O=C(Cc1csc(Nc2cccc(C(F)(F)F)c2)n1)N/N=C\c1cccs1. The maximum absolute atomic E-state index is 12.7. The molecule has 0 aliphatic heterocycles. The molecule has 0 unspecified atom stereocenters. The molecule has 0 saturated carbocycles. The fourth-order valence-corrected chi connectivity index (χ4v) is 3.39. The van der Waals surface area contributed by atoms with E-state index in [2.05, 4.69) is 20.8 Å². The van der Waals surface area contributed by atoms with Crippen LogP contribution < -0.4 is 10.7 Å². The number of hydrazone groups is 1. The van der Waals surface area contributed by atoms with Crippen LogP contribution >= 0.6 is 22.7 Å². The van der Waals surface area contributed by atoms with Crippen LogP contribution in [0.4, 0.5) is 24.0 Å². The highest BCUT2D eigenvalue weighted by molar-refractivity contribution is 7.13. The zero-order valence-corrected chi connectivity index (χ0v) is 15.3. The smallest absolute Gasteiger partial charge is 0.332 e. The van der Waals surface area contributed by atoms with E-state index >= 15 is 0 Å². The van der Waals surface area contributed by atoms with E-state index in [1.165, 1.54) is 34.8 Å². The van der Waals surface area contributed by atoms with E-state index in [1.807, 2.05) is 17.5 Å². The van der Waals surface area contributed by atoms with Gasteiger partial charge in [0.2, 0.25) is 5.91 Å². The van der Waals surface area contributed by atoms with Crippen molar-refractivity contribution < 1.29 is 18.0 Å². The quantitative estimate of drug-likeness (QED) is 0.459. The molecule has 3 rings (SSSR count). The molecule has 0 aliphatic carbocycles. The Hall–Kier alpha value is -2.72. The number of anilines is 2. The summed E-state index contributed by atoms with van der Waals surface area (Å²) in [7, 11) is 0. The average Bonchev–Trinajstić information content (AvgIpc) is 3.27. The number of carbonyl (C=O) groups excluding carboxylic acids is 1. The summed E-state index contributed by atoms with van der Waals surface area (Å²) < 4.78 is 38.2. The molecule has 27 heavy (non-hydrogen) atoms. The number of thiazole rings is 1. The van der Waals surface area contributed by atoms with E-state index in [0.717, 1.165) is 17.0 Å². The van der Waals surface area contributed by atoms with Crippen molar-refractivity contribution in [3.05, 3.63) is 63.3 Å². The summed E-state index contributed by atoms with van der Waals surface area (Å²) in [6, 6.07) is 8.59. The zero-order valence-electron chi connectivity index (χ0n) is 13.7. The summed E-state index contributed by atoms with van der Waals surface area (Å²) in [5.41, 5.74) is 2.44. The van der Waals surface area contributed by atoms with Crippen LogP contribution in [-0.4, -0.2) is 17.1 Å². The van der Waals surface area contributed by atoms with Gasteiger partial charge < -0.3 is 5.32 Å². The number of nitrogens with one attached hydrogen (secondary N) is 2. The van der Waals surface area contributed by atoms with E-state index < -0.39 is 11.7 Å². The summed E-state index contributed by atoms with van der Waals surface area (Å²) in [4.78, 5) is 17.0. The summed E-state index contributed by atoms with van der Waals surface area (Å²) in [6.45, 7) is 0. The third-order valence-electron chi connectivity index (χ3n) is 3.26. The standard InChI is InChI=1S/C17H13F3N4OS2/c18-17(19,20)11-3-1-4-12(7-11)22-16-23-13(10-27-16)8-15(25)24-21-9-14-5-2-6-26-14/h1-7,9-10H,8H2,(H,22,23)(H,24,25)/b21-9-. The number of aromatic nitrogens is 1. The van der Waals surface area contributed by atoms with Gasteiger partial charge >= 0.3 is 6.18 Å². The Labute approximate surface area is 160 Å². The molecular formula is C17H13F3N4OS2. The van der Waals surface area contributed by atoms with Gasteiger partial charge in [-0.2, -0.15) is 18.3 Å². The maximum Gasteiger partial charge on any atom is 0.416 e. The molecule has 0 atom stereocenters. The minimum Gasteiger partial charge on any atom is -0.332 e. The lowest BCUT2D eigenvalue weighted by Gasteiger charge is -2.08. The number of nitrogens with zero attached hydrogens (tertiary/aromatic N) is 2. The Morgan fingerprint density at radius 3 is 2.81 bits per heavy atom. The molecule has 140 valence electrons. The van der Waals surface area contributed by atoms with Crippen LogP contribution in [0.15, 0.2) is 52.3 Å². The zero-order chi connectivity index (χ0) is 19.3. The van der Waals surface area contributed by atoms with Crippen molar-refractivity contribution in [2.24, 2.45) is 5.10 Å². The molecule has 0 saturated heterocycles. The fraction of sp³-hybridized carbons (Fsp3) is 0.118. The minimum atomic E-state index is -4.41. The number of hydrogen-bond acceptors (Lipinski definition) is 6. The van der Waals surface area contributed by atoms with E-state index in [0.29, 0.717) is 10.8 Å². The highest BCUT2D eigenvalue weighted by atomic mass is 32.1. The first-order valence-electron chi connectivity index (χ1n) is 7.64. The van der Waals surface area contributed by atoms with Gasteiger partial charge in [-0.05, 0) is 29.6 Å². The highest BCUT2D eigenvalue weighted by Crippen LogP contribution is 2.31. The van der Waals surface area contributed by atoms with Crippen LogP contribution in [0.3, 0.4) is 0 Å². The first kappa shape index (κ1) is 19.1. The van der Waals surface area contributed by atoms with Gasteiger partial charge in [-0.1, -0.05) is 12.1 Å². The van der Waals surface area contributed by atoms with Gasteiger partial charge in [0, 0.05) is 15.9 Å². The number of alkyl halides is 3. The number of amides is 1. The lowest BCUT2D eigenvalue weighted by Crippen LogP contribution is -2.19. The highest BCUT2D eigenvalue weighted by Gasteiger charge is 2.30. The molecule has 3 aromatic rings. The number of thiophene rings is 1. The molecule has 2 N–H and O–H groups in total. The monoisotopic (exact) mass is 410 g/mol. The summed E-state index contributed by atoms with van der Waals surface area (Å²) >= 11 is 2.70. The second-order valence-electron chi connectivity index (χ2n) is 5.33. The predicted octanol–water partition coefficient (Wildman–Crippen LogP) is 4.66. The van der Waals surface area contributed by atoms with Gasteiger partial charge in [0.15, 0.2) is 5.13 Å². The Bertz CT molecular complexity index is 936. The van der Waals surface area contributed by atoms with Crippen molar-refractivity contribution in [3.8, 4) is 0 Å². The second kappa shape index (κ2) is 8.31. The third kappa shape index (κ3) is 5.63. The van der Waals surface area contributed by atoms with E-state index in [9.17, 15) is 18.0 Å². The largest absolute Gasteiger partial charge is 0.416 e. The summed E-state index contributed by atoms with van der Waals surface area (Å²) in [6.07, 6.45) is -2.85. The van der Waals surface area contributed by atoms with E-state index in [4.69, 9.17) is 0 Å². The second-order valence-corrected chi connectivity index (χ2v) is 7.17. The summed E-state index contributed by atoms with van der Waals surface area (Å²) in [5, 5.41) is 10.6. The van der Waals surface area contributed by atoms with Crippen LogP contribution in [0.5, 0.6) is 0 Å². The Morgan fingerprint density at radius 2 is 2.07 bits per heavy atom. The molecule has 5 nitrogen and oxygen atoms in total. The number of halogens is 3. The van der Waals surface area contributed by atoms with Gasteiger partial charge in [-0.3, -0.25) is 4.79 Å². The Kier molecular flexibility index (Phi) is 5.87. The third-order valence-corrected chi connectivity index (χ3v) is 4.87. The first-order chi connectivity index (χ1) is 12.9. The molecule has 0 spiro atoms. The molecule has 0 aliphatic rings. The van der Waals surface area contributed by atoms with Crippen LogP contribution in [0.25, 0.3) is 0 Å². The molecule has 0 bridgehead atoms. The molecule has 0 fully saturated rings. The maximum atomic E-state index is 12.7. The topological polar surface area (TPSA) is 66.4 Å². The van der Waals surface area contributed by atoms with E-state index in [1.54, 1.807) is 11.6 Å². The van der Waals surface area contributed by atoms with Gasteiger partial charge in [0.25, 0.3) is 0 Å². The summed E-state index contributed by atoms with van der Waals surface area (Å²) in [5.74, 6) is -0.335. The van der Waals surface area contributed by atoms with Crippen molar-refractivity contribution in [3.63, 3.8) is 0 Å². The molecule has 0 radical (unpaired) electrons. The number of carbonyl (C=O) groups is 1. The Balaban J connectivity index is 1.56. The molecule has 2 heterocycles. The van der Waals surface area contributed by atoms with Crippen molar-refractivity contribution in [2.45, 2.75) is 12.6 Å². The van der Waals surface area contributed by atoms with Crippen molar-refractivity contribution >= 4 is 45.6 Å². The van der Waals surface area contributed by atoms with Gasteiger partial charge in [-0.25, -0.2) is 10.4 Å². The molecule has 2 aromatic heterocycles. The Morgan fingerprint density at radius 1 is 1.22 bits per heavy atom. The molecular weight excluding hydrogens is 397 g/mol. The molecule has 1 aromatic carbocycles. The molecule has 10 heteroatoms. The minimum absolute atomic E-state index is 0.0164. The number of hydrogen-bond donors (Lipinski definition) is 2. The van der Waals surface area contributed by atoms with Gasteiger partial charge in [-0.15, -0.1) is 22.7 Å². The van der Waals surface area contributed by atoms with Crippen molar-refractivity contribution in [2.75, 3.05) is 5.32 Å². The predicted molar refractivity (Wildman–Crippen MR) is 101 cm³/mol. The van der Waals surface area contributed by atoms with Crippen LogP contribution in [0.1, 0.15) is 16.1 Å². The van der Waals surface area contributed by atoms with E-state index in [-0.39, 0.29) is 18.0 Å². The van der Waals surface area contributed by atoms with Crippen LogP contribution in [-0.2, 0) is 17.4 Å². The number of benzene rings is 1. The number of rotatable bonds is 6. The lowest BCUT2D eigenvalue weighted by atomic mass is 10.2. The van der Waals surface area contributed by atoms with Crippen molar-refractivity contribution in [1.82, 2.24) is 10.4 Å². The van der Waals surface area contributed by atoms with Gasteiger partial charge in [0.05, 0.1) is 23.9 Å².